The first kappa shape index (κ1) is 27.5. The van der Waals surface area contributed by atoms with Gasteiger partial charge in [-0.1, -0.05) is 91.0 Å². The van der Waals surface area contributed by atoms with Crippen molar-refractivity contribution in [3.8, 4) is 0 Å². The van der Waals surface area contributed by atoms with Gasteiger partial charge in [-0.3, -0.25) is 4.79 Å². The Morgan fingerprint density at radius 3 is 1.76 bits per heavy atom. The topological polar surface area (TPSA) is 107 Å². The third-order valence-electron chi connectivity index (χ3n) is 7.43. The number of aliphatic hydroxyl groups is 4. The first-order valence-electron chi connectivity index (χ1n) is 12.3. The van der Waals surface area contributed by atoms with E-state index in [4.69, 9.17) is 4.74 Å². The van der Waals surface area contributed by atoms with E-state index in [9.17, 15) is 25.2 Å². The van der Waals surface area contributed by atoms with Crippen LogP contribution in [0.1, 0.15) is 23.6 Å². The highest BCUT2D eigenvalue weighted by molar-refractivity contribution is 7.99. The number of aliphatic hydroxyl groups excluding tert-OH is 1. The minimum Gasteiger partial charge on any atom is -0.390 e. The molecule has 0 spiro atoms. The van der Waals surface area contributed by atoms with Crippen molar-refractivity contribution in [2.45, 2.75) is 60.6 Å². The molecule has 0 aromatic heterocycles. The molecule has 4 rings (SSSR count). The number of hydrogen-bond acceptors (Lipinski definition) is 7. The molecule has 3 aromatic carbocycles. The maximum absolute atomic E-state index is 13.3. The highest BCUT2D eigenvalue weighted by Gasteiger charge is 2.74. The van der Waals surface area contributed by atoms with Crippen LogP contribution >= 0.6 is 11.8 Å². The molecule has 0 aliphatic carbocycles. The summed E-state index contributed by atoms with van der Waals surface area (Å²) in [6.45, 7) is 1.16. The van der Waals surface area contributed by atoms with E-state index in [0.29, 0.717) is 11.1 Å². The predicted molar refractivity (Wildman–Crippen MR) is 144 cm³/mol. The van der Waals surface area contributed by atoms with Crippen LogP contribution in [0.2, 0.25) is 0 Å². The van der Waals surface area contributed by atoms with Crippen LogP contribution in [0, 0.1) is 0 Å². The summed E-state index contributed by atoms with van der Waals surface area (Å²) in [6, 6.07) is 27.2. The Balaban J connectivity index is 1.87. The summed E-state index contributed by atoms with van der Waals surface area (Å²) in [5.74, 6) is -0.797. The van der Waals surface area contributed by atoms with E-state index >= 15 is 0 Å². The second kappa shape index (κ2) is 11.1. The van der Waals surface area contributed by atoms with Crippen molar-refractivity contribution in [2.24, 2.45) is 0 Å². The Morgan fingerprint density at radius 1 is 0.838 bits per heavy atom. The minimum atomic E-state index is -2.62. The van der Waals surface area contributed by atoms with Crippen molar-refractivity contribution in [3.63, 3.8) is 0 Å². The molecule has 196 valence electrons. The fourth-order valence-electron chi connectivity index (χ4n) is 5.49. The summed E-state index contributed by atoms with van der Waals surface area (Å²) in [4.78, 5) is 13.3. The van der Waals surface area contributed by atoms with Crippen molar-refractivity contribution >= 4 is 17.5 Å². The Bertz CT molecular complexity index is 1180. The first-order valence-corrected chi connectivity index (χ1v) is 13.6. The van der Waals surface area contributed by atoms with Crippen molar-refractivity contribution < 1.29 is 30.0 Å². The molecule has 0 radical (unpaired) electrons. The number of ether oxygens (including phenoxy) is 1. The number of rotatable bonds is 9. The number of Topliss-reactive ketones (excluding diaryl/α,β-unsaturated/α-hetero) is 1. The molecule has 0 bridgehead atoms. The van der Waals surface area contributed by atoms with E-state index in [1.54, 1.807) is 42.7 Å². The highest BCUT2D eigenvalue weighted by atomic mass is 32.2. The first-order chi connectivity index (χ1) is 17.7. The van der Waals surface area contributed by atoms with Crippen LogP contribution in [0.3, 0.4) is 0 Å². The van der Waals surface area contributed by atoms with Gasteiger partial charge >= 0.3 is 0 Å². The average Bonchev–Trinajstić information content (AvgIpc) is 2.89. The number of benzene rings is 3. The quantitative estimate of drug-likeness (QED) is 0.342. The third kappa shape index (κ3) is 5.00. The smallest absolute Gasteiger partial charge is 0.183 e. The van der Waals surface area contributed by atoms with E-state index in [1.165, 1.54) is 0 Å². The SMILES string of the molecule is CS[C@H]1O[C@H](C(O)Cc2ccccc2)[C@](O)(C(C)=O)[C@@](O)(Cc2ccccc2)[C@@]1(O)Cc1ccccc1. The molecular weight excluding hydrogens is 488 g/mol. The molecule has 6 atom stereocenters. The van der Waals surface area contributed by atoms with Gasteiger partial charge in [-0.25, -0.2) is 0 Å². The number of hydrogen-bond donors (Lipinski definition) is 4. The van der Waals surface area contributed by atoms with Gasteiger partial charge in [0.1, 0.15) is 22.7 Å². The van der Waals surface area contributed by atoms with Crippen LogP contribution in [-0.4, -0.2) is 66.9 Å². The molecule has 0 saturated carbocycles. The standard InChI is InChI=1S/C30H34O6S/c1-21(31)30(35)26(25(32)18-22-12-6-3-7-13-22)36-27(37-2)28(33,19-23-14-8-4-9-15-23)29(30,34)20-24-16-10-5-11-17-24/h3-17,25-27,32-35H,18-20H2,1-2H3/t25?,26-,27-,28-,29-,30-/m1/s1. The van der Waals surface area contributed by atoms with Crippen molar-refractivity contribution in [2.75, 3.05) is 6.26 Å². The number of carbonyl (C=O) groups is 1. The van der Waals surface area contributed by atoms with Crippen molar-refractivity contribution in [3.05, 3.63) is 108 Å². The van der Waals surface area contributed by atoms with Gasteiger partial charge in [0.25, 0.3) is 0 Å². The molecule has 7 heteroatoms. The Kier molecular flexibility index (Phi) is 8.23. The van der Waals surface area contributed by atoms with Gasteiger partial charge < -0.3 is 25.2 Å². The van der Waals surface area contributed by atoms with E-state index in [-0.39, 0.29) is 19.3 Å². The minimum absolute atomic E-state index is 0.0836. The zero-order valence-electron chi connectivity index (χ0n) is 21.0. The summed E-state index contributed by atoms with van der Waals surface area (Å²) in [5, 5.41) is 48.5. The lowest BCUT2D eigenvalue weighted by atomic mass is 9.59. The maximum Gasteiger partial charge on any atom is 0.183 e. The molecule has 6 nitrogen and oxygen atoms in total. The van der Waals surface area contributed by atoms with Crippen molar-refractivity contribution in [1.82, 2.24) is 0 Å². The zero-order chi connectivity index (χ0) is 26.7. The lowest BCUT2D eigenvalue weighted by Gasteiger charge is -2.61. The molecule has 1 aliphatic rings. The van der Waals surface area contributed by atoms with Crippen LogP contribution in [-0.2, 0) is 28.8 Å². The maximum atomic E-state index is 13.3. The molecule has 1 heterocycles. The normalized spacial score (nSPS) is 30.5. The molecular formula is C30H34O6S. The van der Waals surface area contributed by atoms with Crippen LogP contribution in [0.5, 0.6) is 0 Å². The van der Waals surface area contributed by atoms with E-state index < -0.39 is 40.2 Å². The summed E-state index contributed by atoms with van der Waals surface area (Å²) < 4.78 is 6.20. The molecule has 1 fully saturated rings. The van der Waals surface area contributed by atoms with E-state index in [0.717, 1.165) is 24.2 Å². The van der Waals surface area contributed by atoms with Crippen LogP contribution in [0.4, 0.5) is 0 Å². The lowest BCUT2D eigenvalue weighted by Crippen LogP contribution is -2.84. The fourth-order valence-corrected chi connectivity index (χ4v) is 6.39. The molecule has 1 aliphatic heterocycles. The van der Waals surface area contributed by atoms with Crippen molar-refractivity contribution in [1.29, 1.82) is 0 Å². The molecule has 4 N–H and O–H groups in total. The summed E-state index contributed by atoms with van der Waals surface area (Å²) >= 11 is 1.16. The lowest BCUT2D eigenvalue weighted by molar-refractivity contribution is -0.337. The second-order valence-corrected chi connectivity index (χ2v) is 10.7. The summed E-state index contributed by atoms with van der Waals surface area (Å²) in [5.41, 5.74) is -6.07. The average molecular weight is 523 g/mol. The van der Waals surface area contributed by atoms with Gasteiger partial charge in [0.2, 0.25) is 0 Å². The van der Waals surface area contributed by atoms with Gasteiger partial charge in [0, 0.05) is 19.3 Å². The van der Waals surface area contributed by atoms with Crippen LogP contribution < -0.4 is 0 Å². The Morgan fingerprint density at radius 2 is 1.30 bits per heavy atom. The van der Waals surface area contributed by atoms with E-state index in [2.05, 4.69) is 0 Å². The van der Waals surface area contributed by atoms with E-state index in [1.807, 2.05) is 54.6 Å². The fraction of sp³-hybridized carbons (Fsp3) is 0.367. The molecule has 37 heavy (non-hydrogen) atoms. The van der Waals surface area contributed by atoms with Gasteiger partial charge in [0.15, 0.2) is 11.4 Å². The number of carbonyl (C=O) groups excluding carboxylic acids is 1. The predicted octanol–water partition coefficient (Wildman–Crippen LogP) is 2.95. The van der Waals surface area contributed by atoms with Gasteiger partial charge in [-0.2, -0.15) is 0 Å². The Hall–Kier alpha value is -2.52. The second-order valence-electron chi connectivity index (χ2n) is 9.81. The van der Waals surface area contributed by atoms with Crippen LogP contribution in [0.25, 0.3) is 0 Å². The monoisotopic (exact) mass is 522 g/mol. The molecule has 3 aromatic rings. The van der Waals surface area contributed by atoms with Gasteiger partial charge in [-0.15, -0.1) is 11.8 Å². The number of thioether (sulfide) groups is 1. The van der Waals surface area contributed by atoms with Crippen LogP contribution in [0.15, 0.2) is 91.0 Å². The summed E-state index contributed by atoms with van der Waals surface area (Å²) in [7, 11) is 0. The van der Waals surface area contributed by atoms with Gasteiger partial charge in [-0.05, 0) is 29.9 Å². The molecule has 1 saturated heterocycles. The number of ketones is 1. The third-order valence-corrected chi connectivity index (χ3v) is 8.35. The van der Waals surface area contributed by atoms with Gasteiger partial charge in [0.05, 0.1) is 6.10 Å². The molecule has 1 unspecified atom stereocenters. The molecule has 0 amide bonds. The summed E-state index contributed by atoms with van der Waals surface area (Å²) in [6.07, 6.45) is -1.34. The highest BCUT2D eigenvalue weighted by Crippen LogP contribution is 2.51. The zero-order valence-corrected chi connectivity index (χ0v) is 21.8. The Labute approximate surface area is 221 Å². The largest absolute Gasteiger partial charge is 0.390 e.